The van der Waals surface area contributed by atoms with Crippen molar-refractivity contribution in [1.29, 1.82) is 0 Å². The summed E-state index contributed by atoms with van der Waals surface area (Å²) < 4.78 is 15.9. The maximum absolute atomic E-state index is 5.61. The molecule has 1 aromatic carbocycles. The lowest BCUT2D eigenvalue weighted by atomic mass is 10.3. The van der Waals surface area contributed by atoms with Crippen LogP contribution in [0.5, 0.6) is 11.5 Å². The van der Waals surface area contributed by atoms with Gasteiger partial charge in [-0.1, -0.05) is 6.07 Å². The van der Waals surface area contributed by atoms with Crippen LogP contribution in [-0.2, 0) is 13.2 Å². The molecule has 2 N–H and O–H groups in total. The van der Waals surface area contributed by atoms with Gasteiger partial charge in [0.1, 0.15) is 23.9 Å². The number of benzene rings is 1. The number of hydrogen-bond acceptors (Lipinski definition) is 4. The van der Waals surface area contributed by atoms with E-state index in [9.17, 15) is 0 Å². The summed E-state index contributed by atoms with van der Waals surface area (Å²) in [4.78, 5) is 0. The fourth-order valence-corrected chi connectivity index (χ4v) is 1.47. The Balaban J connectivity index is 1.96. The maximum Gasteiger partial charge on any atom is 0.123 e. The van der Waals surface area contributed by atoms with E-state index in [2.05, 4.69) is 0 Å². The molecule has 1 heterocycles. The van der Waals surface area contributed by atoms with Crippen LogP contribution < -0.4 is 15.2 Å². The van der Waals surface area contributed by atoms with Gasteiger partial charge in [0.25, 0.3) is 0 Å². The highest BCUT2D eigenvalue weighted by atomic mass is 16.5. The lowest BCUT2D eigenvalue weighted by Gasteiger charge is -2.05. The van der Waals surface area contributed by atoms with Crippen molar-refractivity contribution in [1.82, 2.24) is 0 Å². The van der Waals surface area contributed by atoms with Crippen molar-refractivity contribution in [3.63, 3.8) is 0 Å². The average molecular weight is 233 g/mol. The normalized spacial score (nSPS) is 10.2. The van der Waals surface area contributed by atoms with Crippen LogP contribution >= 0.6 is 0 Å². The topological polar surface area (TPSA) is 57.6 Å². The molecule has 4 heteroatoms. The van der Waals surface area contributed by atoms with Gasteiger partial charge in [-0.25, -0.2) is 0 Å². The van der Waals surface area contributed by atoms with Gasteiger partial charge in [-0.05, 0) is 18.2 Å². The maximum atomic E-state index is 5.61. The molecule has 0 unspecified atom stereocenters. The van der Waals surface area contributed by atoms with Crippen molar-refractivity contribution in [2.45, 2.75) is 13.2 Å². The van der Waals surface area contributed by atoms with Crippen molar-refractivity contribution >= 4 is 0 Å². The molecule has 4 nitrogen and oxygen atoms in total. The molecule has 2 aromatic rings. The second kappa shape index (κ2) is 5.41. The molecule has 0 bridgehead atoms. The van der Waals surface area contributed by atoms with Crippen molar-refractivity contribution in [3.05, 3.63) is 47.9 Å². The Morgan fingerprint density at radius 1 is 1.24 bits per heavy atom. The third-order valence-corrected chi connectivity index (χ3v) is 2.36. The number of rotatable bonds is 5. The number of hydrogen-bond donors (Lipinski definition) is 1. The first-order chi connectivity index (χ1) is 8.31. The molecule has 2 rings (SSSR count). The van der Waals surface area contributed by atoms with E-state index < -0.39 is 0 Å². The fourth-order valence-electron chi connectivity index (χ4n) is 1.47. The summed E-state index contributed by atoms with van der Waals surface area (Å²) in [6.07, 6.45) is 1.66. The summed E-state index contributed by atoms with van der Waals surface area (Å²) >= 11 is 0. The van der Waals surface area contributed by atoms with E-state index in [1.54, 1.807) is 13.4 Å². The van der Waals surface area contributed by atoms with Crippen molar-refractivity contribution in [3.8, 4) is 11.5 Å². The fraction of sp³-hybridized carbons (Fsp3) is 0.231. The van der Waals surface area contributed by atoms with Gasteiger partial charge >= 0.3 is 0 Å². The molecule has 17 heavy (non-hydrogen) atoms. The van der Waals surface area contributed by atoms with E-state index in [-0.39, 0.29) is 0 Å². The van der Waals surface area contributed by atoms with Crippen LogP contribution in [0.2, 0.25) is 0 Å². The Hall–Kier alpha value is -1.94. The highest BCUT2D eigenvalue weighted by molar-refractivity contribution is 5.33. The molecular formula is C13H15NO3. The third kappa shape index (κ3) is 3.01. The molecule has 0 fully saturated rings. The lowest BCUT2D eigenvalue weighted by molar-refractivity contribution is 0.302. The molecule has 0 atom stereocenters. The molecular weight excluding hydrogens is 218 g/mol. The van der Waals surface area contributed by atoms with Crippen LogP contribution in [0.1, 0.15) is 11.3 Å². The quantitative estimate of drug-likeness (QED) is 0.861. The Kier molecular flexibility index (Phi) is 3.67. The van der Waals surface area contributed by atoms with Gasteiger partial charge in [-0.3, -0.25) is 0 Å². The summed E-state index contributed by atoms with van der Waals surface area (Å²) in [6.45, 7) is 0.857. The third-order valence-electron chi connectivity index (χ3n) is 2.36. The minimum Gasteiger partial charge on any atom is -0.497 e. The van der Waals surface area contributed by atoms with Crippen molar-refractivity contribution < 1.29 is 13.9 Å². The highest BCUT2D eigenvalue weighted by Crippen LogP contribution is 2.20. The summed E-state index contributed by atoms with van der Waals surface area (Å²) in [5, 5.41) is 0. The SMILES string of the molecule is COc1cccc(OCc2coc(CN)c2)c1. The average Bonchev–Trinajstić information content (AvgIpc) is 2.84. The van der Waals surface area contributed by atoms with Crippen LogP contribution in [0.3, 0.4) is 0 Å². The Bertz CT molecular complexity index is 479. The highest BCUT2D eigenvalue weighted by Gasteiger charge is 2.02. The molecule has 0 spiro atoms. The molecule has 0 aliphatic heterocycles. The van der Waals surface area contributed by atoms with Crippen molar-refractivity contribution in [2.75, 3.05) is 7.11 Å². The zero-order valence-corrected chi connectivity index (χ0v) is 9.68. The van der Waals surface area contributed by atoms with Gasteiger partial charge < -0.3 is 19.6 Å². The second-order valence-corrected chi connectivity index (χ2v) is 3.59. The Morgan fingerprint density at radius 2 is 2.06 bits per heavy atom. The minimum absolute atomic E-state index is 0.402. The van der Waals surface area contributed by atoms with Gasteiger partial charge in [0.05, 0.1) is 19.9 Å². The van der Waals surface area contributed by atoms with E-state index >= 15 is 0 Å². The zero-order valence-electron chi connectivity index (χ0n) is 9.68. The second-order valence-electron chi connectivity index (χ2n) is 3.59. The Morgan fingerprint density at radius 3 is 2.76 bits per heavy atom. The van der Waals surface area contributed by atoms with Gasteiger partial charge in [0, 0.05) is 11.6 Å². The lowest BCUT2D eigenvalue weighted by Crippen LogP contribution is -1.95. The minimum atomic E-state index is 0.402. The number of methoxy groups -OCH3 is 1. The summed E-state index contributed by atoms with van der Waals surface area (Å²) in [7, 11) is 1.63. The first-order valence-electron chi connectivity index (χ1n) is 5.35. The first kappa shape index (κ1) is 11.5. The monoisotopic (exact) mass is 233 g/mol. The molecule has 0 saturated heterocycles. The predicted octanol–water partition coefficient (Wildman–Crippen LogP) is 2.33. The first-order valence-corrected chi connectivity index (χ1v) is 5.35. The standard InChI is InChI=1S/C13H15NO3/c1-15-11-3-2-4-12(6-11)16-8-10-5-13(7-14)17-9-10/h2-6,9H,7-8,14H2,1H3. The van der Waals surface area contributed by atoms with E-state index in [1.807, 2.05) is 30.3 Å². The molecule has 0 aliphatic carbocycles. The van der Waals surface area contributed by atoms with E-state index in [1.165, 1.54) is 0 Å². The molecule has 90 valence electrons. The molecule has 0 saturated carbocycles. The summed E-state index contributed by atoms with van der Waals surface area (Å²) in [6, 6.07) is 9.36. The number of ether oxygens (including phenoxy) is 2. The van der Waals surface area contributed by atoms with E-state index in [0.717, 1.165) is 22.8 Å². The van der Waals surface area contributed by atoms with Gasteiger partial charge in [-0.2, -0.15) is 0 Å². The number of nitrogens with two attached hydrogens (primary N) is 1. The van der Waals surface area contributed by atoms with Gasteiger partial charge in [0.15, 0.2) is 0 Å². The largest absolute Gasteiger partial charge is 0.497 e. The molecule has 0 amide bonds. The molecule has 0 aliphatic rings. The van der Waals surface area contributed by atoms with Gasteiger partial charge in [0.2, 0.25) is 0 Å². The molecule has 0 radical (unpaired) electrons. The number of furan rings is 1. The summed E-state index contributed by atoms with van der Waals surface area (Å²) in [5.41, 5.74) is 6.42. The van der Waals surface area contributed by atoms with Crippen LogP contribution in [0.15, 0.2) is 41.0 Å². The van der Waals surface area contributed by atoms with E-state index in [0.29, 0.717) is 13.2 Å². The zero-order chi connectivity index (χ0) is 12.1. The van der Waals surface area contributed by atoms with Gasteiger partial charge in [-0.15, -0.1) is 0 Å². The van der Waals surface area contributed by atoms with Crippen LogP contribution in [0.25, 0.3) is 0 Å². The Labute approximate surface area is 99.9 Å². The van der Waals surface area contributed by atoms with Crippen molar-refractivity contribution in [2.24, 2.45) is 5.73 Å². The van der Waals surface area contributed by atoms with E-state index in [4.69, 9.17) is 19.6 Å². The van der Waals surface area contributed by atoms with Crippen LogP contribution in [0.4, 0.5) is 0 Å². The van der Waals surface area contributed by atoms with Crippen LogP contribution in [-0.4, -0.2) is 7.11 Å². The molecule has 1 aromatic heterocycles. The smallest absolute Gasteiger partial charge is 0.123 e. The predicted molar refractivity (Wildman–Crippen MR) is 63.9 cm³/mol. The summed E-state index contributed by atoms with van der Waals surface area (Å²) in [5.74, 6) is 2.30. The van der Waals surface area contributed by atoms with Crippen LogP contribution in [0, 0.1) is 0 Å².